The molecule has 0 aliphatic rings. The van der Waals surface area contributed by atoms with Gasteiger partial charge >= 0.3 is 0 Å². The molecule has 0 heterocycles. The summed E-state index contributed by atoms with van der Waals surface area (Å²) in [5, 5.41) is 8.14. The molecule has 0 aromatic rings. The standard InChI is InChI=1S/C8H13NO/c1-3-8(2)7-10-6-4-5-9/h2-4,6-7H2,1H3. The van der Waals surface area contributed by atoms with Crippen LogP contribution in [-0.4, -0.2) is 13.2 Å². The first-order valence-electron chi connectivity index (χ1n) is 3.42. The summed E-state index contributed by atoms with van der Waals surface area (Å²) in [7, 11) is 0. The predicted octanol–water partition coefficient (Wildman–Crippen LogP) is 1.88. The minimum atomic E-state index is 0.469. The number of hydrogen-bond acceptors (Lipinski definition) is 2. The van der Waals surface area contributed by atoms with Crippen LogP contribution in [-0.2, 0) is 4.74 Å². The number of hydrogen-bond donors (Lipinski definition) is 0. The van der Waals surface area contributed by atoms with Gasteiger partial charge in [0.15, 0.2) is 0 Å². The molecule has 2 heteroatoms. The normalized spacial score (nSPS) is 8.80. The maximum Gasteiger partial charge on any atom is 0.0674 e. The van der Waals surface area contributed by atoms with Gasteiger partial charge < -0.3 is 4.74 Å². The summed E-state index contributed by atoms with van der Waals surface area (Å²) in [6, 6.07) is 2.00. The molecule has 2 nitrogen and oxygen atoms in total. The Bertz CT molecular complexity index is 135. The van der Waals surface area contributed by atoms with Gasteiger partial charge in [0.05, 0.1) is 25.7 Å². The second-order valence-corrected chi connectivity index (χ2v) is 2.06. The molecule has 0 fully saturated rings. The van der Waals surface area contributed by atoms with E-state index in [1.165, 1.54) is 0 Å². The van der Waals surface area contributed by atoms with Crippen LogP contribution in [0.2, 0.25) is 0 Å². The second-order valence-electron chi connectivity index (χ2n) is 2.06. The molecule has 0 aromatic carbocycles. The molecular formula is C8H13NO. The zero-order chi connectivity index (χ0) is 7.82. The van der Waals surface area contributed by atoms with Gasteiger partial charge in [0.1, 0.15) is 0 Å². The van der Waals surface area contributed by atoms with E-state index >= 15 is 0 Å². The number of nitriles is 1. The van der Waals surface area contributed by atoms with Crippen molar-refractivity contribution in [2.24, 2.45) is 0 Å². The number of nitrogens with zero attached hydrogens (tertiary/aromatic N) is 1. The lowest BCUT2D eigenvalue weighted by Crippen LogP contribution is -1.97. The highest BCUT2D eigenvalue weighted by Crippen LogP contribution is 1.96. The Labute approximate surface area is 62.1 Å². The van der Waals surface area contributed by atoms with Gasteiger partial charge in [0, 0.05) is 0 Å². The summed E-state index contributed by atoms with van der Waals surface area (Å²) in [6.45, 7) is 6.92. The molecule has 0 saturated heterocycles. The Hall–Kier alpha value is -0.810. The van der Waals surface area contributed by atoms with Crippen molar-refractivity contribution in [3.63, 3.8) is 0 Å². The molecule has 0 aromatic heterocycles. The van der Waals surface area contributed by atoms with E-state index in [0.717, 1.165) is 12.0 Å². The van der Waals surface area contributed by atoms with Crippen molar-refractivity contribution in [2.45, 2.75) is 19.8 Å². The van der Waals surface area contributed by atoms with Gasteiger partial charge in [-0.2, -0.15) is 5.26 Å². The molecule has 0 amide bonds. The summed E-state index contributed by atoms with van der Waals surface area (Å²) >= 11 is 0. The van der Waals surface area contributed by atoms with Gasteiger partial charge in [-0.1, -0.05) is 19.1 Å². The molecule has 0 aliphatic carbocycles. The van der Waals surface area contributed by atoms with Gasteiger partial charge in [-0.3, -0.25) is 0 Å². The number of ether oxygens (including phenoxy) is 1. The molecule has 0 radical (unpaired) electrons. The quantitative estimate of drug-likeness (QED) is 0.430. The van der Waals surface area contributed by atoms with Gasteiger partial charge in [0.2, 0.25) is 0 Å². The molecule has 0 saturated carbocycles. The molecule has 0 rings (SSSR count). The Morgan fingerprint density at radius 1 is 1.70 bits per heavy atom. The van der Waals surface area contributed by atoms with Crippen molar-refractivity contribution >= 4 is 0 Å². The van der Waals surface area contributed by atoms with Crippen molar-refractivity contribution in [1.82, 2.24) is 0 Å². The summed E-state index contributed by atoms with van der Waals surface area (Å²) in [5.41, 5.74) is 1.08. The average Bonchev–Trinajstić information content (AvgIpc) is 1.98. The Balaban J connectivity index is 3.05. The Morgan fingerprint density at radius 2 is 2.40 bits per heavy atom. The second kappa shape index (κ2) is 6.31. The lowest BCUT2D eigenvalue weighted by atomic mass is 10.2. The smallest absolute Gasteiger partial charge is 0.0674 e. The predicted molar refractivity (Wildman–Crippen MR) is 40.5 cm³/mol. The highest BCUT2D eigenvalue weighted by atomic mass is 16.5. The van der Waals surface area contributed by atoms with Gasteiger partial charge in [-0.05, 0) is 6.42 Å². The van der Waals surface area contributed by atoms with Gasteiger partial charge in [-0.15, -0.1) is 0 Å². The first kappa shape index (κ1) is 9.19. The maximum absolute atomic E-state index is 8.14. The largest absolute Gasteiger partial charge is 0.376 e. The topological polar surface area (TPSA) is 33.0 Å². The van der Waals surface area contributed by atoms with Crippen LogP contribution < -0.4 is 0 Å². The van der Waals surface area contributed by atoms with Crippen molar-refractivity contribution in [3.8, 4) is 6.07 Å². The van der Waals surface area contributed by atoms with Gasteiger partial charge in [-0.25, -0.2) is 0 Å². The first-order valence-corrected chi connectivity index (χ1v) is 3.42. The monoisotopic (exact) mass is 139 g/mol. The van der Waals surface area contributed by atoms with Crippen LogP contribution in [0.4, 0.5) is 0 Å². The Morgan fingerprint density at radius 3 is 2.90 bits per heavy atom. The fourth-order valence-corrected chi connectivity index (χ4v) is 0.436. The van der Waals surface area contributed by atoms with Crippen LogP contribution in [0.5, 0.6) is 0 Å². The fraction of sp³-hybridized carbons (Fsp3) is 0.625. The van der Waals surface area contributed by atoms with E-state index < -0.39 is 0 Å². The molecule has 56 valence electrons. The van der Waals surface area contributed by atoms with Crippen LogP contribution in [0.1, 0.15) is 19.8 Å². The van der Waals surface area contributed by atoms with Crippen molar-refractivity contribution < 1.29 is 4.74 Å². The lowest BCUT2D eigenvalue weighted by molar-refractivity contribution is 0.161. The number of rotatable bonds is 5. The van der Waals surface area contributed by atoms with Crippen LogP contribution in [0.3, 0.4) is 0 Å². The summed E-state index contributed by atoms with van der Waals surface area (Å²) in [6.07, 6.45) is 1.42. The summed E-state index contributed by atoms with van der Waals surface area (Å²) in [4.78, 5) is 0. The van der Waals surface area contributed by atoms with E-state index in [0.29, 0.717) is 19.6 Å². The molecule has 0 N–H and O–H groups in total. The van der Waals surface area contributed by atoms with Crippen LogP contribution in [0.15, 0.2) is 12.2 Å². The van der Waals surface area contributed by atoms with Gasteiger partial charge in [0.25, 0.3) is 0 Å². The molecule has 0 aliphatic heterocycles. The van der Waals surface area contributed by atoms with E-state index in [1.807, 2.05) is 13.0 Å². The zero-order valence-corrected chi connectivity index (χ0v) is 6.39. The average molecular weight is 139 g/mol. The molecule has 0 atom stereocenters. The van der Waals surface area contributed by atoms with E-state index in [4.69, 9.17) is 10.00 Å². The molecule has 0 unspecified atom stereocenters. The third-order valence-electron chi connectivity index (χ3n) is 1.16. The zero-order valence-electron chi connectivity index (χ0n) is 6.39. The van der Waals surface area contributed by atoms with Crippen LogP contribution in [0.25, 0.3) is 0 Å². The SMILES string of the molecule is C=C(CC)COCCC#N. The van der Waals surface area contributed by atoms with Crippen molar-refractivity contribution in [2.75, 3.05) is 13.2 Å². The molecular weight excluding hydrogens is 126 g/mol. The van der Waals surface area contributed by atoms with E-state index in [-0.39, 0.29) is 0 Å². The minimum absolute atomic E-state index is 0.469. The maximum atomic E-state index is 8.14. The van der Waals surface area contributed by atoms with E-state index in [1.54, 1.807) is 0 Å². The van der Waals surface area contributed by atoms with Crippen LogP contribution in [0, 0.1) is 11.3 Å². The summed E-state index contributed by atoms with van der Waals surface area (Å²) in [5.74, 6) is 0. The molecule has 0 spiro atoms. The summed E-state index contributed by atoms with van der Waals surface area (Å²) < 4.78 is 5.10. The van der Waals surface area contributed by atoms with Crippen LogP contribution >= 0.6 is 0 Å². The van der Waals surface area contributed by atoms with Crippen molar-refractivity contribution in [1.29, 1.82) is 5.26 Å². The highest BCUT2D eigenvalue weighted by Gasteiger charge is 1.89. The van der Waals surface area contributed by atoms with E-state index in [2.05, 4.69) is 6.58 Å². The molecule has 0 bridgehead atoms. The first-order chi connectivity index (χ1) is 4.81. The highest BCUT2D eigenvalue weighted by molar-refractivity contribution is 4.92. The molecule has 10 heavy (non-hydrogen) atoms. The fourth-order valence-electron chi connectivity index (χ4n) is 0.436. The minimum Gasteiger partial charge on any atom is -0.376 e. The lowest BCUT2D eigenvalue weighted by Gasteiger charge is -2.01. The third kappa shape index (κ3) is 5.33. The third-order valence-corrected chi connectivity index (χ3v) is 1.16. The Kier molecular flexibility index (Phi) is 5.80. The van der Waals surface area contributed by atoms with Crippen molar-refractivity contribution in [3.05, 3.63) is 12.2 Å². The van der Waals surface area contributed by atoms with E-state index in [9.17, 15) is 0 Å².